The van der Waals surface area contributed by atoms with E-state index in [-0.39, 0.29) is 0 Å². The smallest absolute Gasteiger partial charge is 0.00513 e. The van der Waals surface area contributed by atoms with Gasteiger partial charge < -0.3 is 14.7 Å². The first-order valence-corrected chi connectivity index (χ1v) is 8.40. The molecule has 0 amide bonds. The number of rotatable bonds is 5. The summed E-state index contributed by atoms with van der Waals surface area (Å²) in [4.78, 5) is 7.96. The highest BCUT2D eigenvalue weighted by Crippen LogP contribution is 2.40. The van der Waals surface area contributed by atoms with Gasteiger partial charge in [0, 0.05) is 32.7 Å². The van der Waals surface area contributed by atoms with Gasteiger partial charge in [0.2, 0.25) is 0 Å². The van der Waals surface area contributed by atoms with Crippen LogP contribution in [0.15, 0.2) is 0 Å². The fraction of sp³-hybridized carbons (Fsp3) is 1.00. The van der Waals surface area contributed by atoms with Crippen LogP contribution in [0.4, 0.5) is 0 Å². The molecule has 3 heteroatoms. The maximum absolute atomic E-state index is 2.74. The predicted molar refractivity (Wildman–Crippen MR) is 80.4 cm³/mol. The summed E-state index contributed by atoms with van der Waals surface area (Å²) in [5.41, 5.74) is 0.723. The summed E-state index contributed by atoms with van der Waals surface area (Å²) >= 11 is 0. The zero-order valence-electron chi connectivity index (χ0n) is 12.9. The Morgan fingerprint density at radius 2 is 1.63 bits per heavy atom. The molecule has 0 atom stereocenters. The lowest BCUT2D eigenvalue weighted by molar-refractivity contribution is -0.0506. The average Bonchev–Trinajstić information content (AvgIpc) is 2.34. The summed E-state index contributed by atoms with van der Waals surface area (Å²) in [6.07, 6.45) is 4.22. The van der Waals surface area contributed by atoms with Gasteiger partial charge in [-0.05, 0) is 56.8 Å². The van der Waals surface area contributed by atoms with Gasteiger partial charge in [0.1, 0.15) is 0 Å². The van der Waals surface area contributed by atoms with Crippen LogP contribution in [0.25, 0.3) is 0 Å². The van der Waals surface area contributed by atoms with Crippen LogP contribution in [0.1, 0.15) is 33.1 Å². The molecule has 1 spiro atoms. The minimum Gasteiger partial charge on any atom is -0.303 e. The van der Waals surface area contributed by atoms with Crippen LogP contribution in [0.3, 0.4) is 0 Å². The lowest BCUT2D eigenvalue weighted by Gasteiger charge is -2.54. The molecule has 3 fully saturated rings. The largest absolute Gasteiger partial charge is 0.303 e. The van der Waals surface area contributed by atoms with E-state index in [1.807, 2.05) is 0 Å². The highest BCUT2D eigenvalue weighted by atomic mass is 15.2. The summed E-state index contributed by atoms with van der Waals surface area (Å²) in [5.74, 6) is 0.967. The zero-order valence-corrected chi connectivity index (χ0v) is 12.9. The number of hydrogen-bond acceptors (Lipinski definition) is 3. The van der Waals surface area contributed by atoms with Crippen LogP contribution in [-0.4, -0.2) is 73.6 Å². The number of hydrogen-bond donors (Lipinski definition) is 0. The zero-order chi connectivity index (χ0) is 13.3. The monoisotopic (exact) mass is 265 g/mol. The molecule has 3 nitrogen and oxygen atoms in total. The van der Waals surface area contributed by atoms with E-state index in [1.54, 1.807) is 0 Å². The van der Waals surface area contributed by atoms with E-state index in [0.29, 0.717) is 0 Å². The molecule has 3 aliphatic heterocycles. The molecule has 3 heterocycles. The van der Waals surface area contributed by atoms with Gasteiger partial charge in [0.15, 0.2) is 0 Å². The topological polar surface area (TPSA) is 9.72 Å². The molecule has 0 aromatic carbocycles. The molecular weight excluding hydrogens is 234 g/mol. The summed E-state index contributed by atoms with van der Waals surface area (Å²) in [6, 6.07) is 0. The van der Waals surface area contributed by atoms with Crippen LogP contribution in [-0.2, 0) is 0 Å². The van der Waals surface area contributed by atoms with Crippen molar-refractivity contribution in [2.75, 3.05) is 58.9 Å². The number of likely N-dealkylation sites (tertiary alicyclic amines) is 3. The van der Waals surface area contributed by atoms with Gasteiger partial charge in [-0.1, -0.05) is 13.8 Å². The Morgan fingerprint density at radius 3 is 2.21 bits per heavy atom. The molecule has 0 aromatic rings. The maximum atomic E-state index is 2.74. The Bertz CT molecular complexity index is 282. The summed E-state index contributed by atoms with van der Waals surface area (Å²) in [5, 5.41) is 0. The molecule has 0 saturated carbocycles. The van der Waals surface area contributed by atoms with Gasteiger partial charge in [0.25, 0.3) is 0 Å². The van der Waals surface area contributed by atoms with Gasteiger partial charge in [-0.15, -0.1) is 0 Å². The lowest BCUT2D eigenvalue weighted by atomic mass is 9.72. The normalized spacial score (nSPS) is 29.4. The molecule has 0 radical (unpaired) electrons. The summed E-state index contributed by atoms with van der Waals surface area (Å²) < 4.78 is 0. The average molecular weight is 265 g/mol. The number of nitrogens with zero attached hydrogens (tertiary/aromatic N) is 3. The van der Waals surface area contributed by atoms with Crippen molar-refractivity contribution in [2.45, 2.75) is 33.1 Å². The molecule has 110 valence electrons. The van der Waals surface area contributed by atoms with E-state index in [9.17, 15) is 0 Å². The van der Waals surface area contributed by atoms with Crippen LogP contribution in [0.5, 0.6) is 0 Å². The minimum atomic E-state index is 0.723. The Balaban J connectivity index is 1.33. The highest BCUT2D eigenvalue weighted by molar-refractivity contribution is 4.98. The molecule has 0 aliphatic carbocycles. The third kappa shape index (κ3) is 2.98. The van der Waals surface area contributed by atoms with E-state index in [1.165, 1.54) is 78.2 Å². The lowest BCUT2D eigenvalue weighted by Crippen LogP contribution is -2.61. The van der Waals surface area contributed by atoms with E-state index in [2.05, 4.69) is 28.5 Å². The molecule has 3 rings (SSSR count). The quantitative estimate of drug-likeness (QED) is 0.750. The highest BCUT2D eigenvalue weighted by Gasteiger charge is 2.44. The summed E-state index contributed by atoms with van der Waals surface area (Å²) in [7, 11) is 0. The van der Waals surface area contributed by atoms with Crippen molar-refractivity contribution >= 4 is 0 Å². The number of piperidine rings is 1. The van der Waals surface area contributed by atoms with E-state index in [0.717, 1.165) is 11.3 Å². The molecule has 3 aliphatic rings. The van der Waals surface area contributed by atoms with Crippen molar-refractivity contribution in [2.24, 2.45) is 11.3 Å². The molecular formula is C16H31N3. The van der Waals surface area contributed by atoms with Crippen molar-refractivity contribution in [3.8, 4) is 0 Å². The molecule has 0 unspecified atom stereocenters. The molecule has 3 saturated heterocycles. The Morgan fingerprint density at radius 1 is 0.947 bits per heavy atom. The van der Waals surface area contributed by atoms with Crippen LogP contribution >= 0.6 is 0 Å². The standard InChI is InChI=1S/C16H31N3/c1-3-7-19-11-15(12-19)10-18-8-5-16(6-9-18)13-17(4-2)14-16/h15H,3-14H2,1-2H3. The van der Waals surface area contributed by atoms with E-state index < -0.39 is 0 Å². The molecule has 0 bridgehead atoms. The minimum absolute atomic E-state index is 0.723. The maximum Gasteiger partial charge on any atom is 0.00513 e. The molecule has 0 N–H and O–H groups in total. The second-order valence-corrected chi connectivity index (χ2v) is 7.23. The fourth-order valence-electron chi connectivity index (χ4n) is 4.31. The summed E-state index contributed by atoms with van der Waals surface area (Å²) in [6.45, 7) is 16.7. The van der Waals surface area contributed by atoms with Gasteiger partial charge >= 0.3 is 0 Å². The molecule has 19 heavy (non-hydrogen) atoms. The third-order valence-electron chi connectivity index (χ3n) is 5.57. The van der Waals surface area contributed by atoms with Crippen LogP contribution < -0.4 is 0 Å². The van der Waals surface area contributed by atoms with E-state index in [4.69, 9.17) is 0 Å². The Kier molecular flexibility index (Phi) is 4.16. The van der Waals surface area contributed by atoms with Gasteiger partial charge in [-0.25, -0.2) is 0 Å². The first kappa shape index (κ1) is 13.8. The second kappa shape index (κ2) is 5.71. The van der Waals surface area contributed by atoms with Crippen molar-refractivity contribution < 1.29 is 0 Å². The van der Waals surface area contributed by atoms with E-state index >= 15 is 0 Å². The van der Waals surface area contributed by atoms with Crippen molar-refractivity contribution in [3.63, 3.8) is 0 Å². The predicted octanol–water partition coefficient (Wildman–Crippen LogP) is 1.75. The first-order chi connectivity index (χ1) is 9.23. The fourth-order valence-corrected chi connectivity index (χ4v) is 4.31. The van der Waals surface area contributed by atoms with Gasteiger partial charge in [-0.2, -0.15) is 0 Å². The molecule has 0 aromatic heterocycles. The Hall–Kier alpha value is -0.120. The van der Waals surface area contributed by atoms with Crippen LogP contribution in [0.2, 0.25) is 0 Å². The van der Waals surface area contributed by atoms with Gasteiger partial charge in [0.05, 0.1) is 0 Å². The first-order valence-electron chi connectivity index (χ1n) is 8.40. The van der Waals surface area contributed by atoms with Crippen molar-refractivity contribution in [1.29, 1.82) is 0 Å². The van der Waals surface area contributed by atoms with Crippen molar-refractivity contribution in [3.05, 3.63) is 0 Å². The van der Waals surface area contributed by atoms with Crippen molar-refractivity contribution in [1.82, 2.24) is 14.7 Å². The second-order valence-electron chi connectivity index (χ2n) is 7.23. The third-order valence-corrected chi connectivity index (χ3v) is 5.57. The van der Waals surface area contributed by atoms with Gasteiger partial charge in [-0.3, -0.25) is 0 Å². The van der Waals surface area contributed by atoms with Crippen LogP contribution in [0, 0.1) is 11.3 Å². The SMILES string of the molecule is CCCN1CC(CN2CCC3(CC2)CN(CC)C3)C1. The Labute approximate surface area is 118 Å².